The van der Waals surface area contributed by atoms with Gasteiger partial charge in [-0.2, -0.15) is 0 Å². The van der Waals surface area contributed by atoms with Crippen molar-refractivity contribution in [3.05, 3.63) is 59.7 Å². The monoisotopic (exact) mass is 542 g/mol. The number of hydrogen-bond donors (Lipinski definition) is 4. The number of aliphatic carboxylic acids is 1. The summed E-state index contributed by atoms with van der Waals surface area (Å²) in [6.45, 7) is 1.45. The second-order valence-electron chi connectivity index (χ2n) is 8.84. The number of methoxy groups -OCH3 is 2. The SMILES string of the molecule is COc1cc(/C=C/C(=O)CC(=O)/C=C/c2ccc(OC3OC(C(=O)O)C(C)C(O)C3O)c(OC)c2)ccc1O. The number of aliphatic hydroxyl groups is 2. The number of allylic oxidation sites excluding steroid dienone is 2. The molecule has 1 fully saturated rings. The van der Waals surface area contributed by atoms with E-state index in [-0.39, 0.29) is 29.4 Å². The predicted octanol–water partition coefficient (Wildman–Crippen LogP) is 2.21. The van der Waals surface area contributed by atoms with Crippen LogP contribution in [0.15, 0.2) is 48.6 Å². The van der Waals surface area contributed by atoms with E-state index in [1.807, 2.05) is 0 Å². The number of aliphatic hydroxyl groups excluding tert-OH is 2. The molecule has 5 unspecified atom stereocenters. The fourth-order valence-electron chi connectivity index (χ4n) is 3.86. The smallest absolute Gasteiger partial charge is 0.333 e. The van der Waals surface area contributed by atoms with Crippen LogP contribution in [-0.2, 0) is 19.1 Å². The van der Waals surface area contributed by atoms with Gasteiger partial charge in [0.15, 0.2) is 40.7 Å². The Balaban J connectivity index is 1.63. The molecule has 1 aliphatic rings. The van der Waals surface area contributed by atoms with Crippen molar-refractivity contribution in [1.29, 1.82) is 0 Å². The van der Waals surface area contributed by atoms with Crippen LogP contribution in [0.5, 0.6) is 23.0 Å². The number of aromatic hydroxyl groups is 1. The number of phenolic OH excluding ortho intramolecular Hbond substituents is 1. The Bertz CT molecular complexity index is 1270. The molecular weight excluding hydrogens is 512 g/mol. The molecule has 4 N–H and O–H groups in total. The van der Waals surface area contributed by atoms with Gasteiger partial charge in [-0.15, -0.1) is 0 Å². The van der Waals surface area contributed by atoms with E-state index in [0.717, 1.165) is 0 Å². The molecule has 5 atom stereocenters. The average molecular weight is 543 g/mol. The number of carbonyl (C=O) groups excluding carboxylic acids is 2. The summed E-state index contributed by atoms with van der Waals surface area (Å²) in [7, 11) is 2.77. The number of benzene rings is 2. The third kappa shape index (κ3) is 7.44. The van der Waals surface area contributed by atoms with Crippen LogP contribution < -0.4 is 14.2 Å². The molecule has 1 aliphatic heterocycles. The van der Waals surface area contributed by atoms with Crippen molar-refractivity contribution in [2.24, 2.45) is 5.92 Å². The standard InChI is InChI=1S/C28H30O11/c1-15-24(32)25(33)28(39-26(15)27(34)35)38-21-11-7-17(13-23(21)37-3)5-9-19(30)14-18(29)8-4-16-6-10-20(31)22(12-16)36-2/h4-13,15,24-26,28,31-33H,14H2,1-3H3,(H,34,35)/b8-4+,9-5+. The van der Waals surface area contributed by atoms with Gasteiger partial charge in [0.25, 0.3) is 0 Å². The second kappa shape index (κ2) is 13.1. The van der Waals surface area contributed by atoms with E-state index in [9.17, 15) is 34.8 Å². The first-order valence-corrected chi connectivity index (χ1v) is 11.9. The largest absolute Gasteiger partial charge is 0.504 e. The first-order chi connectivity index (χ1) is 18.5. The molecule has 0 aromatic heterocycles. The zero-order valence-electron chi connectivity index (χ0n) is 21.5. The molecule has 11 heteroatoms. The Labute approximate surface area is 224 Å². The van der Waals surface area contributed by atoms with Gasteiger partial charge in [0.05, 0.1) is 26.7 Å². The number of ketones is 2. The Kier molecular flexibility index (Phi) is 9.83. The molecule has 1 heterocycles. The van der Waals surface area contributed by atoms with Crippen molar-refractivity contribution in [3.63, 3.8) is 0 Å². The maximum Gasteiger partial charge on any atom is 0.333 e. The van der Waals surface area contributed by atoms with Crippen molar-refractivity contribution in [2.45, 2.75) is 37.9 Å². The third-order valence-corrected chi connectivity index (χ3v) is 6.08. The van der Waals surface area contributed by atoms with Crippen molar-refractivity contribution >= 4 is 29.7 Å². The fourth-order valence-corrected chi connectivity index (χ4v) is 3.86. The maximum absolute atomic E-state index is 12.3. The Morgan fingerprint density at radius 3 is 2.00 bits per heavy atom. The van der Waals surface area contributed by atoms with Gasteiger partial charge < -0.3 is 39.4 Å². The van der Waals surface area contributed by atoms with Gasteiger partial charge in [-0.25, -0.2) is 4.79 Å². The summed E-state index contributed by atoms with van der Waals surface area (Å²) >= 11 is 0. The van der Waals surface area contributed by atoms with Gasteiger partial charge in [0.1, 0.15) is 6.10 Å². The highest BCUT2D eigenvalue weighted by atomic mass is 16.7. The van der Waals surface area contributed by atoms with E-state index < -0.39 is 48.1 Å². The summed E-state index contributed by atoms with van der Waals surface area (Å²) in [5, 5.41) is 39.5. The van der Waals surface area contributed by atoms with Crippen LogP contribution >= 0.6 is 0 Å². The molecule has 39 heavy (non-hydrogen) atoms. The molecule has 0 spiro atoms. The molecule has 0 amide bonds. The molecule has 0 saturated carbocycles. The quantitative estimate of drug-likeness (QED) is 0.243. The van der Waals surface area contributed by atoms with E-state index in [1.165, 1.54) is 63.6 Å². The van der Waals surface area contributed by atoms with E-state index in [0.29, 0.717) is 11.1 Å². The van der Waals surface area contributed by atoms with Gasteiger partial charge >= 0.3 is 5.97 Å². The Hall–Kier alpha value is -4.19. The lowest BCUT2D eigenvalue weighted by Crippen LogP contribution is -2.57. The number of rotatable bonds is 11. The van der Waals surface area contributed by atoms with Gasteiger partial charge in [0, 0.05) is 5.92 Å². The van der Waals surface area contributed by atoms with Gasteiger partial charge in [-0.3, -0.25) is 9.59 Å². The first kappa shape index (κ1) is 29.4. The Morgan fingerprint density at radius 1 is 0.872 bits per heavy atom. The summed E-state index contributed by atoms with van der Waals surface area (Å²) in [6.07, 6.45) is -0.585. The molecular formula is C28H30O11. The minimum Gasteiger partial charge on any atom is -0.504 e. The van der Waals surface area contributed by atoms with E-state index in [4.69, 9.17) is 18.9 Å². The van der Waals surface area contributed by atoms with Crippen LogP contribution in [0.25, 0.3) is 12.2 Å². The number of carboxylic acid groups (broad SMARTS) is 1. The average Bonchev–Trinajstić information content (AvgIpc) is 2.91. The van der Waals surface area contributed by atoms with Crippen molar-refractivity contribution in [1.82, 2.24) is 0 Å². The minimum atomic E-state index is -1.50. The maximum atomic E-state index is 12.3. The van der Waals surface area contributed by atoms with E-state index in [2.05, 4.69) is 0 Å². The van der Waals surface area contributed by atoms with Crippen molar-refractivity contribution in [3.8, 4) is 23.0 Å². The zero-order valence-corrected chi connectivity index (χ0v) is 21.5. The Morgan fingerprint density at radius 2 is 1.44 bits per heavy atom. The van der Waals surface area contributed by atoms with Crippen molar-refractivity contribution in [2.75, 3.05) is 14.2 Å². The summed E-state index contributed by atoms with van der Waals surface area (Å²) in [5.74, 6) is -2.47. The molecule has 1 saturated heterocycles. The second-order valence-corrected chi connectivity index (χ2v) is 8.84. The van der Waals surface area contributed by atoms with Gasteiger partial charge in [-0.1, -0.05) is 31.2 Å². The summed E-state index contributed by atoms with van der Waals surface area (Å²) < 4.78 is 21.3. The number of carbonyl (C=O) groups is 3. The lowest BCUT2D eigenvalue weighted by Gasteiger charge is -2.39. The predicted molar refractivity (Wildman–Crippen MR) is 138 cm³/mol. The molecule has 0 radical (unpaired) electrons. The summed E-state index contributed by atoms with van der Waals surface area (Å²) in [6, 6.07) is 9.15. The molecule has 2 aromatic carbocycles. The lowest BCUT2D eigenvalue weighted by molar-refractivity contribution is -0.256. The highest BCUT2D eigenvalue weighted by Gasteiger charge is 2.46. The van der Waals surface area contributed by atoms with Gasteiger partial charge in [0.2, 0.25) is 6.29 Å². The van der Waals surface area contributed by atoms with Crippen LogP contribution in [0.4, 0.5) is 0 Å². The van der Waals surface area contributed by atoms with Crippen molar-refractivity contribution < 1.29 is 53.8 Å². The first-order valence-electron chi connectivity index (χ1n) is 11.9. The molecule has 0 aliphatic carbocycles. The summed E-state index contributed by atoms with van der Waals surface area (Å²) in [5.41, 5.74) is 1.15. The van der Waals surface area contributed by atoms with E-state index in [1.54, 1.807) is 18.2 Å². The number of ether oxygens (including phenoxy) is 4. The number of hydrogen-bond acceptors (Lipinski definition) is 10. The number of phenols is 1. The van der Waals surface area contributed by atoms with Crippen LogP contribution in [0, 0.1) is 5.92 Å². The molecule has 0 bridgehead atoms. The molecule has 11 nitrogen and oxygen atoms in total. The highest BCUT2D eigenvalue weighted by molar-refractivity contribution is 6.10. The van der Waals surface area contributed by atoms with Gasteiger partial charge in [-0.05, 0) is 47.5 Å². The minimum absolute atomic E-state index is 0.0299. The molecule has 3 rings (SSSR count). The van der Waals surface area contributed by atoms with Crippen LogP contribution in [0.3, 0.4) is 0 Å². The zero-order chi connectivity index (χ0) is 28.7. The fraction of sp³-hybridized carbons (Fsp3) is 0.321. The summed E-state index contributed by atoms with van der Waals surface area (Å²) in [4.78, 5) is 35.9. The highest BCUT2D eigenvalue weighted by Crippen LogP contribution is 2.33. The number of carboxylic acids is 1. The van der Waals surface area contributed by atoms with Crippen LogP contribution in [0.2, 0.25) is 0 Å². The topological polar surface area (TPSA) is 169 Å². The molecule has 208 valence electrons. The normalized spacial score (nSPS) is 23.1. The third-order valence-electron chi connectivity index (χ3n) is 6.08. The molecule has 2 aromatic rings. The van der Waals surface area contributed by atoms with Crippen LogP contribution in [0.1, 0.15) is 24.5 Å². The van der Waals surface area contributed by atoms with E-state index >= 15 is 0 Å². The lowest BCUT2D eigenvalue weighted by atomic mass is 9.91. The van der Waals surface area contributed by atoms with Crippen LogP contribution in [-0.4, -0.2) is 76.8 Å².